The van der Waals surface area contributed by atoms with Crippen molar-refractivity contribution < 1.29 is 13.9 Å². The number of nitrogens with one attached hydrogen (secondary N) is 2. The van der Waals surface area contributed by atoms with Gasteiger partial charge in [0.25, 0.3) is 5.91 Å². The van der Waals surface area contributed by atoms with E-state index < -0.39 is 0 Å². The maximum atomic E-state index is 13.3. The number of nitrogens with zero attached hydrogens (tertiary/aromatic N) is 3. The summed E-state index contributed by atoms with van der Waals surface area (Å²) < 4.78 is 19.0. The number of benzene rings is 2. The average Bonchev–Trinajstić information content (AvgIpc) is 2.76. The van der Waals surface area contributed by atoms with Gasteiger partial charge in [-0.1, -0.05) is 23.7 Å². The molecular formula is C23H25ClFN5O2. The third kappa shape index (κ3) is 6.90. The highest BCUT2D eigenvalue weighted by Crippen LogP contribution is 2.30. The number of hydrogen-bond donors (Lipinski definition) is 2. The monoisotopic (exact) mass is 457 g/mol. The van der Waals surface area contributed by atoms with Gasteiger partial charge < -0.3 is 20.3 Å². The number of halogens is 2. The second kappa shape index (κ2) is 11.4. The van der Waals surface area contributed by atoms with E-state index in [2.05, 4.69) is 25.5 Å². The van der Waals surface area contributed by atoms with Gasteiger partial charge in [-0.15, -0.1) is 0 Å². The lowest BCUT2D eigenvalue weighted by Crippen LogP contribution is -2.28. The molecule has 0 spiro atoms. The predicted octanol–water partition coefficient (Wildman–Crippen LogP) is 4.27. The zero-order valence-corrected chi connectivity index (χ0v) is 18.7. The number of ether oxygens (including phenoxy) is 1. The molecule has 0 saturated carbocycles. The van der Waals surface area contributed by atoms with Gasteiger partial charge in [-0.05, 0) is 63.0 Å². The Kier molecular flexibility index (Phi) is 8.35. The smallest absolute Gasteiger partial charge is 0.256 e. The van der Waals surface area contributed by atoms with Gasteiger partial charge in [0.1, 0.15) is 35.9 Å². The lowest BCUT2D eigenvalue weighted by atomic mass is 10.2. The highest BCUT2D eigenvalue weighted by atomic mass is 35.5. The lowest BCUT2D eigenvalue weighted by Gasteiger charge is -2.13. The van der Waals surface area contributed by atoms with Gasteiger partial charge in [0.15, 0.2) is 0 Å². The molecule has 0 aliphatic heterocycles. The Morgan fingerprint density at radius 1 is 1.22 bits per heavy atom. The van der Waals surface area contributed by atoms with E-state index in [0.29, 0.717) is 39.9 Å². The second-order valence-corrected chi connectivity index (χ2v) is 7.79. The quantitative estimate of drug-likeness (QED) is 0.442. The molecule has 0 unspecified atom stereocenters. The fourth-order valence-corrected chi connectivity index (χ4v) is 3.14. The largest absolute Gasteiger partial charge is 0.487 e. The lowest BCUT2D eigenvalue weighted by molar-refractivity contribution is 0.0952. The summed E-state index contributed by atoms with van der Waals surface area (Å²) in [6.07, 6.45) is 3.67. The summed E-state index contributed by atoms with van der Waals surface area (Å²) in [5.74, 6) is 0.254. The van der Waals surface area contributed by atoms with Gasteiger partial charge in [-0.3, -0.25) is 4.79 Å². The third-order valence-corrected chi connectivity index (χ3v) is 4.80. The van der Waals surface area contributed by atoms with Crippen LogP contribution in [0.1, 0.15) is 22.3 Å². The Labute approximate surface area is 191 Å². The number of rotatable bonds is 10. The first-order valence-electron chi connectivity index (χ1n) is 10.1. The Morgan fingerprint density at radius 2 is 2.06 bits per heavy atom. The van der Waals surface area contributed by atoms with E-state index in [1.54, 1.807) is 30.3 Å². The van der Waals surface area contributed by atoms with Crippen molar-refractivity contribution in [3.8, 4) is 5.75 Å². The first-order valence-corrected chi connectivity index (χ1v) is 10.5. The first-order chi connectivity index (χ1) is 15.4. The molecule has 3 aromatic rings. The summed E-state index contributed by atoms with van der Waals surface area (Å²) in [4.78, 5) is 22.8. The fourth-order valence-electron chi connectivity index (χ4n) is 2.91. The normalized spacial score (nSPS) is 10.8. The molecule has 32 heavy (non-hydrogen) atoms. The Morgan fingerprint density at radius 3 is 2.81 bits per heavy atom. The number of carbonyl (C=O) groups is 1. The van der Waals surface area contributed by atoms with Crippen LogP contribution in [0, 0.1) is 5.82 Å². The molecule has 1 aromatic heterocycles. The van der Waals surface area contributed by atoms with Gasteiger partial charge in [-0.25, -0.2) is 14.4 Å². The number of carbonyl (C=O) groups excluding carboxylic acids is 1. The van der Waals surface area contributed by atoms with Crippen LogP contribution in [-0.4, -0.2) is 48.0 Å². The molecule has 0 radical (unpaired) electrons. The van der Waals surface area contributed by atoms with Crippen molar-refractivity contribution in [2.75, 3.05) is 32.5 Å². The van der Waals surface area contributed by atoms with Crippen LogP contribution in [0.4, 0.5) is 15.9 Å². The summed E-state index contributed by atoms with van der Waals surface area (Å²) in [6.45, 7) is 1.62. The minimum Gasteiger partial charge on any atom is -0.487 e. The van der Waals surface area contributed by atoms with Crippen LogP contribution in [0.5, 0.6) is 5.75 Å². The van der Waals surface area contributed by atoms with E-state index in [4.69, 9.17) is 16.3 Å². The minimum absolute atomic E-state index is 0.189. The van der Waals surface area contributed by atoms with Gasteiger partial charge in [0.2, 0.25) is 0 Å². The molecule has 0 aliphatic rings. The summed E-state index contributed by atoms with van der Waals surface area (Å²) in [5, 5.41) is 6.35. The van der Waals surface area contributed by atoms with E-state index >= 15 is 0 Å². The van der Waals surface area contributed by atoms with Gasteiger partial charge in [0.05, 0.1) is 5.02 Å². The molecule has 0 fully saturated rings. The molecule has 0 saturated heterocycles. The van der Waals surface area contributed by atoms with E-state index in [-0.39, 0.29) is 18.3 Å². The molecule has 0 bridgehead atoms. The van der Waals surface area contributed by atoms with Crippen molar-refractivity contribution in [2.24, 2.45) is 0 Å². The van der Waals surface area contributed by atoms with Crippen molar-refractivity contribution in [3.63, 3.8) is 0 Å². The molecule has 1 heterocycles. The standard InChI is InChI=1S/C23H25ClFN5O2/c1-30(2)10-4-9-27-23(31)19-13-26-15-28-22(19)29-18-7-8-21(20(24)12-18)32-14-16-5-3-6-17(25)11-16/h3,5-8,11-13,15H,4,9-10,14H2,1-2H3,(H,27,31)(H,26,28,29). The summed E-state index contributed by atoms with van der Waals surface area (Å²) in [7, 11) is 3.97. The molecule has 7 nitrogen and oxygen atoms in total. The molecule has 9 heteroatoms. The predicted molar refractivity (Wildman–Crippen MR) is 123 cm³/mol. The Bertz CT molecular complexity index is 1060. The van der Waals surface area contributed by atoms with Crippen LogP contribution in [0.3, 0.4) is 0 Å². The summed E-state index contributed by atoms with van der Waals surface area (Å²) >= 11 is 6.35. The number of aromatic nitrogens is 2. The van der Waals surface area contributed by atoms with E-state index in [1.807, 2.05) is 14.1 Å². The molecule has 0 aliphatic carbocycles. The van der Waals surface area contributed by atoms with Crippen LogP contribution < -0.4 is 15.4 Å². The molecule has 3 rings (SSSR count). The van der Waals surface area contributed by atoms with Crippen molar-refractivity contribution in [2.45, 2.75) is 13.0 Å². The highest BCUT2D eigenvalue weighted by molar-refractivity contribution is 6.32. The minimum atomic E-state index is -0.320. The van der Waals surface area contributed by atoms with E-state index in [0.717, 1.165) is 13.0 Å². The third-order valence-electron chi connectivity index (χ3n) is 4.50. The molecule has 2 aromatic carbocycles. The van der Waals surface area contributed by atoms with Crippen LogP contribution in [0.2, 0.25) is 5.02 Å². The van der Waals surface area contributed by atoms with Gasteiger partial charge in [-0.2, -0.15) is 0 Å². The number of anilines is 2. The fraction of sp³-hybridized carbons (Fsp3) is 0.261. The van der Waals surface area contributed by atoms with E-state index in [9.17, 15) is 9.18 Å². The van der Waals surface area contributed by atoms with Crippen molar-refractivity contribution in [1.82, 2.24) is 20.2 Å². The zero-order chi connectivity index (χ0) is 22.9. The maximum absolute atomic E-state index is 13.3. The van der Waals surface area contributed by atoms with Crippen LogP contribution in [-0.2, 0) is 6.61 Å². The van der Waals surface area contributed by atoms with Crippen molar-refractivity contribution in [1.29, 1.82) is 0 Å². The highest BCUT2D eigenvalue weighted by Gasteiger charge is 2.14. The maximum Gasteiger partial charge on any atom is 0.256 e. The van der Waals surface area contributed by atoms with Crippen molar-refractivity contribution in [3.05, 3.63) is 77.0 Å². The molecular weight excluding hydrogens is 433 g/mol. The first kappa shape index (κ1) is 23.4. The molecule has 168 valence electrons. The molecule has 2 N–H and O–H groups in total. The van der Waals surface area contributed by atoms with Crippen LogP contribution >= 0.6 is 11.6 Å². The van der Waals surface area contributed by atoms with Crippen molar-refractivity contribution >= 4 is 29.0 Å². The van der Waals surface area contributed by atoms with E-state index in [1.165, 1.54) is 24.7 Å². The zero-order valence-electron chi connectivity index (χ0n) is 17.9. The van der Waals surface area contributed by atoms with Gasteiger partial charge in [0, 0.05) is 18.4 Å². The molecule has 0 atom stereocenters. The SMILES string of the molecule is CN(C)CCCNC(=O)c1cncnc1Nc1ccc(OCc2cccc(F)c2)c(Cl)c1. The Hall–Kier alpha value is -3.23. The number of hydrogen-bond acceptors (Lipinski definition) is 6. The average molecular weight is 458 g/mol. The Balaban J connectivity index is 1.63. The topological polar surface area (TPSA) is 79.4 Å². The molecule has 1 amide bonds. The van der Waals surface area contributed by atoms with Gasteiger partial charge >= 0.3 is 0 Å². The van der Waals surface area contributed by atoms with Crippen LogP contribution in [0.15, 0.2) is 55.0 Å². The summed E-state index contributed by atoms with van der Waals surface area (Å²) in [6, 6.07) is 11.3. The second-order valence-electron chi connectivity index (χ2n) is 7.39. The summed E-state index contributed by atoms with van der Waals surface area (Å²) in [5.41, 5.74) is 1.67. The number of amides is 1. The van der Waals surface area contributed by atoms with Crippen LogP contribution in [0.25, 0.3) is 0 Å².